The van der Waals surface area contributed by atoms with Gasteiger partial charge < -0.3 is 10.6 Å². The molecule has 0 aliphatic heterocycles. The van der Waals surface area contributed by atoms with Crippen LogP contribution in [0.4, 0.5) is 11.4 Å². The van der Waals surface area contributed by atoms with Crippen molar-refractivity contribution in [3.8, 4) is 0 Å². The Labute approximate surface area is 115 Å². The van der Waals surface area contributed by atoms with Crippen LogP contribution in [0.3, 0.4) is 0 Å². The number of carbonyl (C=O) groups is 1. The molecule has 0 unspecified atom stereocenters. The Morgan fingerprint density at radius 1 is 1.26 bits per heavy atom. The van der Waals surface area contributed by atoms with Gasteiger partial charge in [-0.25, -0.2) is 0 Å². The zero-order chi connectivity index (χ0) is 13.7. The number of carbonyl (C=O) groups excluding carboxylic acids is 1. The zero-order valence-corrected chi connectivity index (χ0v) is 12.0. The Kier molecular flexibility index (Phi) is 4.83. The number of hydrogen-bond acceptors (Lipinski definition) is 2. The second-order valence-corrected chi connectivity index (χ2v) is 5.60. The van der Waals surface area contributed by atoms with E-state index in [-0.39, 0.29) is 5.91 Å². The van der Waals surface area contributed by atoms with Gasteiger partial charge in [0, 0.05) is 24.8 Å². The highest BCUT2D eigenvalue weighted by molar-refractivity contribution is 5.89. The molecule has 1 saturated carbocycles. The SMILES string of the molecule is CC(=O)Nc1ccc(NCC2CCCCC2)cc1C. The van der Waals surface area contributed by atoms with Crippen molar-refractivity contribution in [1.82, 2.24) is 0 Å². The standard InChI is InChI=1S/C16H24N2O/c1-12-10-15(8-9-16(12)18-13(2)19)17-11-14-6-4-3-5-7-14/h8-10,14,17H,3-7,11H2,1-2H3,(H,18,19). The largest absolute Gasteiger partial charge is 0.385 e. The maximum atomic E-state index is 11.1. The highest BCUT2D eigenvalue weighted by Crippen LogP contribution is 2.25. The van der Waals surface area contributed by atoms with Crippen LogP contribution in [0.2, 0.25) is 0 Å². The van der Waals surface area contributed by atoms with Gasteiger partial charge in [0.2, 0.25) is 5.91 Å². The molecule has 0 spiro atoms. The first-order valence-electron chi connectivity index (χ1n) is 7.27. The summed E-state index contributed by atoms with van der Waals surface area (Å²) < 4.78 is 0. The lowest BCUT2D eigenvalue weighted by atomic mass is 9.89. The summed E-state index contributed by atoms with van der Waals surface area (Å²) in [6.07, 6.45) is 6.88. The first-order valence-corrected chi connectivity index (χ1v) is 7.27. The normalized spacial score (nSPS) is 16.1. The van der Waals surface area contributed by atoms with Crippen LogP contribution < -0.4 is 10.6 Å². The van der Waals surface area contributed by atoms with Crippen molar-refractivity contribution in [1.29, 1.82) is 0 Å². The van der Waals surface area contributed by atoms with Crippen LogP contribution in [0, 0.1) is 12.8 Å². The van der Waals surface area contributed by atoms with Crippen molar-refractivity contribution in [2.45, 2.75) is 46.0 Å². The van der Waals surface area contributed by atoms with E-state index in [1.807, 2.05) is 19.1 Å². The fraction of sp³-hybridized carbons (Fsp3) is 0.562. The van der Waals surface area contributed by atoms with Gasteiger partial charge in [-0.2, -0.15) is 0 Å². The fourth-order valence-corrected chi connectivity index (χ4v) is 2.76. The summed E-state index contributed by atoms with van der Waals surface area (Å²) in [5, 5.41) is 6.36. The highest BCUT2D eigenvalue weighted by atomic mass is 16.1. The molecule has 1 fully saturated rings. The summed E-state index contributed by atoms with van der Waals surface area (Å²) in [5.74, 6) is 0.801. The average molecular weight is 260 g/mol. The number of hydrogen-bond donors (Lipinski definition) is 2. The Morgan fingerprint density at radius 3 is 2.63 bits per heavy atom. The van der Waals surface area contributed by atoms with E-state index in [2.05, 4.69) is 16.7 Å². The maximum Gasteiger partial charge on any atom is 0.221 e. The van der Waals surface area contributed by atoms with Crippen molar-refractivity contribution in [3.63, 3.8) is 0 Å². The van der Waals surface area contributed by atoms with Crippen LogP contribution in [0.15, 0.2) is 18.2 Å². The van der Waals surface area contributed by atoms with Crippen LogP contribution in [-0.2, 0) is 4.79 Å². The van der Waals surface area contributed by atoms with Crippen molar-refractivity contribution in [3.05, 3.63) is 23.8 Å². The van der Waals surface area contributed by atoms with E-state index in [0.717, 1.165) is 29.4 Å². The van der Waals surface area contributed by atoms with E-state index in [1.54, 1.807) is 0 Å². The van der Waals surface area contributed by atoms with Gasteiger partial charge in [-0.05, 0) is 49.4 Å². The molecular formula is C16H24N2O. The van der Waals surface area contributed by atoms with Gasteiger partial charge in [0.1, 0.15) is 0 Å². The highest BCUT2D eigenvalue weighted by Gasteiger charge is 2.12. The van der Waals surface area contributed by atoms with Crippen molar-refractivity contribution < 1.29 is 4.79 Å². The smallest absolute Gasteiger partial charge is 0.221 e. The molecule has 0 heterocycles. The molecule has 104 valence electrons. The lowest BCUT2D eigenvalue weighted by molar-refractivity contribution is -0.114. The summed E-state index contributed by atoms with van der Waals surface area (Å²) in [4.78, 5) is 11.1. The first kappa shape index (κ1) is 13.9. The zero-order valence-electron chi connectivity index (χ0n) is 12.0. The molecule has 1 aromatic carbocycles. The van der Waals surface area contributed by atoms with Crippen LogP contribution in [0.5, 0.6) is 0 Å². The summed E-state index contributed by atoms with van der Waals surface area (Å²) in [6, 6.07) is 6.12. The molecule has 0 aromatic heterocycles. The maximum absolute atomic E-state index is 11.1. The Bertz CT molecular complexity index is 436. The first-order chi connectivity index (χ1) is 9.15. The molecule has 0 saturated heterocycles. The number of aryl methyl sites for hydroxylation is 1. The molecule has 0 bridgehead atoms. The predicted molar refractivity (Wildman–Crippen MR) is 80.5 cm³/mol. The second kappa shape index (κ2) is 6.60. The molecule has 3 nitrogen and oxygen atoms in total. The molecule has 1 aromatic rings. The van der Waals surface area contributed by atoms with Crippen LogP contribution in [-0.4, -0.2) is 12.5 Å². The summed E-state index contributed by atoms with van der Waals surface area (Å²) in [5.41, 5.74) is 3.15. The van der Waals surface area contributed by atoms with Crippen molar-refractivity contribution >= 4 is 17.3 Å². The number of amides is 1. The third-order valence-electron chi connectivity index (χ3n) is 3.86. The third-order valence-corrected chi connectivity index (χ3v) is 3.86. The van der Waals surface area contributed by atoms with E-state index >= 15 is 0 Å². The van der Waals surface area contributed by atoms with Crippen LogP contribution >= 0.6 is 0 Å². The molecule has 19 heavy (non-hydrogen) atoms. The number of nitrogens with one attached hydrogen (secondary N) is 2. The molecule has 0 atom stereocenters. The number of anilines is 2. The molecule has 3 heteroatoms. The van der Waals surface area contributed by atoms with Gasteiger partial charge in [-0.15, -0.1) is 0 Å². The quantitative estimate of drug-likeness (QED) is 0.860. The summed E-state index contributed by atoms with van der Waals surface area (Å²) >= 11 is 0. The summed E-state index contributed by atoms with van der Waals surface area (Å²) in [6.45, 7) is 4.63. The topological polar surface area (TPSA) is 41.1 Å². The van der Waals surface area contributed by atoms with Gasteiger partial charge in [0.25, 0.3) is 0 Å². The number of benzene rings is 1. The van der Waals surface area contributed by atoms with Crippen molar-refractivity contribution in [2.75, 3.05) is 17.2 Å². The molecule has 1 aliphatic rings. The Morgan fingerprint density at radius 2 is 2.00 bits per heavy atom. The molecule has 2 rings (SSSR count). The van der Waals surface area contributed by atoms with Crippen LogP contribution in [0.1, 0.15) is 44.6 Å². The minimum Gasteiger partial charge on any atom is -0.385 e. The van der Waals surface area contributed by atoms with E-state index in [4.69, 9.17) is 0 Å². The van der Waals surface area contributed by atoms with E-state index in [9.17, 15) is 4.79 Å². The third kappa shape index (κ3) is 4.27. The number of rotatable bonds is 4. The van der Waals surface area contributed by atoms with Gasteiger partial charge in [-0.3, -0.25) is 4.79 Å². The monoisotopic (exact) mass is 260 g/mol. The lowest BCUT2D eigenvalue weighted by Crippen LogP contribution is -2.17. The Balaban J connectivity index is 1.90. The van der Waals surface area contributed by atoms with E-state index in [0.29, 0.717) is 0 Å². The van der Waals surface area contributed by atoms with E-state index < -0.39 is 0 Å². The second-order valence-electron chi connectivity index (χ2n) is 5.60. The van der Waals surface area contributed by atoms with Gasteiger partial charge in [-0.1, -0.05) is 19.3 Å². The molecule has 2 N–H and O–H groups in total. The van der Waals surface area contributed by atoms with Gasteiger partial charge >= 0.3 is 0 Å². The minimum atomic E-state index is -0.0222. The lowest BCUT2D eigenvalue weighted by Gasteiger charge is -2.22. The molecular weight excluding hydrogens is 236 g/mol. The Hall–Kier alpha value is -1.51. The molecule has 1 amide bonds. The van der Waals surface area contributed by atoms with E-state index in [1.165, 1.54) is 39.0 Å². The summed E-state index contributed by atoms with van der Waals surface area (Å²) in [7, 11) is 0. The minimum absolute atomic E-state index is 0.0222. The molecule has 0 radical (unpaired) electrons. The molecule has 1 aliphatic carbocycles. The average Bonchev–Trinajstić information content (AvgIpc) is 2.40. The van der Waals surface area contributed by atoms with Crippen molar-refractivity contribution in [2.24, 2.45) is 5.92 Å². The predicted octanol–water partition coefficient (Wildman–Crippen LogP) is 3.95. The van der Waals surface area contributed by atoms with Crippen LogP contribution in [0.25, 0.3) is 0 Å². The fourth-order valence-electron chi connectivity index (χ4n) is 2.76. The van der Waals surface area contributed by atoms with Gasteiger partial charge in [0.05, 0.1) is 0 Å². The van der Waals surface area contributed by atoms with Gasteiger partial charge in [0.15, 0.2) is 0 Å².